The Morgan fingerprint density at radius 3 is 2.23 bits per heavy atom. The molecule has 3 aliphatic rings. The van der Waals surface area contributed by atoms with Crippen molar-refractivity contribution in [3.63, 3.8) is 0 Å². The molecule has 118 valence electrons. The van der Waals surface area contributed by atoms with Crippen molar-refractivity contribution < 1.29 is 23.7 Å². The van der Waals surface area contributed by atoms with E-state index in [1.54, 1.807) is 6.07 Å². The summed E-state index contributed by atoms with van der Waals surface area (Å²) in [7, 11) is 0. The highest BCUT2D eigenvalue weighted by Crippen LogP contribution is 2.24. The topological polar surface area (TPSA) is 67.1 Å². The van der Waals surface area contributed by atoms with Gasteiger partial charge < -0.3 is 23.8 Å². The monoisotopic (exact) mass is 305 g/mol. The fraction of sp³-hybridized carbons (Fsp3) is 0.562. The van der Waals surface area contributed by atoms with E-state index in [4.69, 9.17) is 18.9 Å². The van der Waals surface area contributed by atoms with Crippen LogP contribution >= 0.6 is 0 Å². The molecule has 6 heteroatoms. The van der Waals surface area contributed by atoms with Gasteiger partial charge in [0.1, 0.15) is 18.5 Å². The number of epoxide rings is 3. The van der Waals surface area contributed by atoms with E-state index >= 15 is 0 Å². The summed E-state index contributed by atoms with van der Waals surface area (Å²) in [6.45, 7) is 3.90. The molecule has 1 aromatic rings. The normalized spacial score (nSPS) is 28.1. The van der Waals surface area contributed by atoms with E-state index in [-0.39, 0.29) is 24.2 Å². The molecule has 0 aliphatic carbocycles. The predicted molar refractivity (Wildman–Crippen MR) is 77.1 cm³/mol. The Morgan fingerprint density at radius 1 is 1.05 bits per heavy atom. The first-order valence-electron chi connectivity index (χ1n) is 7.65. The van der Waals surface area contributed by atoms with Crippen molar-refractivity contribution in [2.24, 2.45) is 0 Å². The highest BCUT2D eigenvalue weighted by Gasteiger charge is 2.34. The van der Waals surface area contributed by atoms with Crippen LogP contribution in [0.1, 0.15) is 10.4 Å². The Morgan fingerprint density at radius 2 is 1.64 bits per heavy atom. The van der Waals surface area contributed by atoms with Gasteiger partial charge in [0, 0.05) is 13.1 Å². The van der Waals surface area contributed by atoms with Crippen molar-refractivity contribution in [3.05, 3.63) is 29.8 Å². The second kappa shape index (κ2) is 5.87. The van der Waals surface area contributed by atoms with Gasteiger partial charge in [0.15, 0.2) is 0 Å². The van der Waals surface area contributed by atoms with Gasteiger partial charge in [-0.2, -0.15) is 0 Å². The molecular formula is C16H19NO5. The molecule has 3 fully saturated rings. The van der Waals surface area contributed by atoms with Crippen molar-refractivity contribution in [3.8, 4) is 5.75 Å². The fourth-order valence-electron chi connectivity index (χ4n) is 2.37. The Bertz CT molecular complexity index is 537. The van der Waals surface area contributed by atoms with Crippen molar-refractivity contribution in [2.75, 3.05) is 39.5 Å². The number of rotatable bonds is 8. The van der Waals surface area contributed by atoms with Gasteiger partial charge in [0.25, 0.3) is 5.91 Å². The molecule has 0 aromatic heterocycles. The zero-order valence-electron chi connectivity index (χ0n) is 12.3. The second-order valence-electron chi connectivity index (χ2n) is 5.88. The third-order valence-electron chi connectivity index (χ3n) is 3.88. The minimum atomic E-state index is -0.0293. The predicted octanol–water partition coefficient (Wildman–Crippen LogP) is 0.704. The fourth-order valence-corrected chi connectivity index (χ4v) is 2.37. The van der Waals surface area contributed by atoms with Crippen LogP contribution in [0.2, 0.25) is 0 Å². The molecule has 3 heterocycles. The highest BCUT2D eigenvalue weighted by molar-refractivity contribution is 5.97. The number of nitrogens with zero attached hydrogens (tertiary/aromatic N) is 1. The lowest BCUT2D eigenvalue weighted by Crippen LogP contribution is -2.37. The number of hydrogen-bond acceptors (Lipinski definition) is 5. The maximum Gasteiger partial charge on any atom is 0.257 e. The van der Waals surface area contributed by atoms with Crippen LogP contribution in [0.25, 0.3) is 0 Å². The molecule has 0 N–H and O–H groups in total. The number of hydrogen-bond donors (Lipinski definition) is 0. The van der Waals surface area contributed by atoms with Crippen LogP contribution in [0.4, 0.5) is 0 Å². The molecule has 1 amide bonds. The molecule has 0 saturated carbocycles. The minimum absolute atomic E-state index is 0.0293. The van der Waals surface area contributed by atoms with Crippen LogP contribution in [0.15, 0.2) is 24.3 Å². The van der Waals surface area contributed by atoms with Crippen LogP contribution in [-0.4, -0.2) is 68.6 Å². The van der Waals surface area contributed by atoms with E-state index in [0.717, 1.165) is 19.8 Å². The number of carbonyl (C=O) groups is 1. The lowest BCUT2D eigenvalue weighted by molar-refractivity contribution is 0.0724. The van der Waals surface area contributed by atoms with Crippen LogP contribution < -0.4 is 4.74 Å². The van der Waals surface area contributed by atoms with E-state index in [2.05, 4.69) is 0 Å². The quantitative estimate of drug-likeness (QED) is 0.662. The summed E-state index contributed by atoms with van der Waals surface area (Å²) in [6.07, 6.45) is 0.491. The van der Waals surface area contributed by atoms with Gasteiger partial charge in [0.2, 0.25) is 0 Å². The molecule has 3 aliphatic heterocycles. The van der Waals surface area contributed by atoms with E-state index in [9.17, 15) is 4.79 Å². The summed E-state index contributed by atoms with van der Waals surface area (Å²) in [6, 6.07) is 7.36. The molecule has 0 spiro atoms. The summed E-state index contributed by atoms with van der Waals surface area (Å²) >= 11 is 0. The van der Waals surface area contributed by atoms with Crippen molar-refractivity contribution in [1.82, 2.24) is 4.90 Å². The summed E-state index contributed by atoms with van der Waals surface area (Å²) < 4.78 is 21.4. The molecule has 0 bridgehead atoms. The first-order valence-corrected chi connectivity index (χ1v) is 7.65. The van der Waals surface area contributed by atoms with Crippen LogP contribution in [0, 0.1) is 0 Å². The zero-order valence-corrected chi connectivity index (χ0v) is 12.3. The lowest BCUT2D eigenvalue weighted by Gasteiger charge is -2.22. The standard InChI is InChI=1S/C16H19NO5/c18-16(17(5-11-7-19-11)6-12-8-20-12)14-3-1-2-4-15(14)22-10-13-9-21-13/h1-4,11-13H,5-10H2. The van der Waals surface area contributed by atoms with Crippen LogP contribution in [0.5, 0.6) is 5.75 Å². The summed E-state index contributed by atoms with van der Waals surface area (Å²) in [5.74, 6) is 0.583. The first-order chi connectivity index (χ1) is 10.8. The molecule has 22 heavy (non-hydrogen) atoms. The third kappa shape index (κ3) is 3.58. The molecule has 6 nitrogen and oxygen atoms in total. The van der Waals surface area contributed by atoms with Gasteiger partial charge in [-0.05, 0) is 12.1 Å². The summed E-state index contributed by atoms with van der Waals surface area (Å²) in [5, 5.41) is 0. The number of benzene rings is 1. The van der Waals surface area contributed by atoms with Crippen LogP contribution in [0.3, 0.4) is 0 Å². The molecular weight excluding hydrogens is 286 g/mol. The number of amides is 1. The average Bonchev–Trinajstić information content (AvgIpc) is 3.37. The molecule has 1 aromatic carbocycles. The number of carbonyl (C=O) groups excluding carboxylic acids is 1. The maximum atomic E-state index is 12.9. The Hall–Kier alpha value is -1.63. The van der Waals surface area contributed by atoms with E-state index in [0.29, 0.717) is 31.0 Å². The van der Waals surface area contributed by atoms with Crippen molar-refractivity contribution in [1.29, 1.82) is 0 Å². The van der Waals surface area contributed by atoms with Gasteiger partial charge in [-0.1, -0.05) is 12.1 Å². The van der Waals surface area contributed by atoms with E-state index in [1.165, 1.54) is 0 Å². The summed E-state index contributed by atoms with van der Waals surface area (Å²) in [5.41, 5.74) is 0.587. The number of ether oxygens (including phenoxy) is 4. The van der Waals surface area contributed by atoms with E-state index in [1.807, 2.05) is 23.1 Å². The Labute approximate surface area is 128 Å². The van der Waals surface area contributed by atoms with E-state index < -0.39 is 0 Å². The molecule has 4 rings (SSSR count). The van der Waals surface area contributed by atoms with Crippen molar-refractivity contribution in [2.45, 2.75) is 18.3 Å². The lowest BCUT2D eigenvalue weighted by atomic mass is 10.1. The van der Waals surface area contributed by atoms with Gasteiger partial charge in [0.05, 0.1) is 37.6 Å². The molecule has 3 unspecified atom stereocenters. The van der Waals surface area contributed by atoms with Crippen LogP contribution in [-0.2, 0) is 14.2 Å². The molecule has 0 radical (unpaired) electrons. The Balaban J connectivity index is 1.48. The largest absolute Gasteiger partial charge is 0.490 e. The van der Waals surface area contributed by atoms with Gasteiger partial charge in [-0.3, -0.25) is 4.79 Å². The smallest absolute Gasteiger partial charge is 0.257 e. The first kappa shape index (κ1) is 14.0. The average molecular weight is 305 g/mol. The molecule has 3 atom stereocenters. The van der Waals surface area contributed by atoms with Crippen molar-refractivity contribution >= 4 is 5.91 Å². The third-order valence-corrected chi connectivity index (χ3v) is 3.88. The number of para-hydroxylation sites is 1. The Kier molecular flexibility index (Phi) is 3.73. The van der Waals surface area contributed by atoms with Gasteiger partial charge in [-0.15, -0.1) is 0 Å². The minimum Gasteiger partial charge on any atom is -0.490 e. The maximum absolute atomic E-state index is 12.9. The second-order valence-corrected chi connectivity index (χ2v) is 5.88. The highest BCUT2D eigenvalue weighted by atomic mass is 16.6. The van der Waals surface area contributed by atoms with Gasteiger partial charge in [-0.25, -0.2) is 0 Å². The molecule has 3 saturated heterocycles. The zero-order chi connectivity index (χ0) is 14.9. The van der Waals surface area contributed by atoms with Gasteiger partial charge >= 0.3 is 0 Å². The summed E-state index contributed by atoms with van der Waals surface area (Å²) in [4.78, 5) is 14.7. The SMILES string of the molecule is O=C(c1ccccc1OCC1CO1)N(CC1CO1)CC1CO1.